The van der Waals surface area contributed by atoms with E-state index in [1.165, 1.54) is 87.0 Å². The lowest BCUT2D eigenvalue weighted by atomic mass is 9.99. The van der Waals surface area contributed by atoms with Crippen LogP contribution in [0.1, 0.15) is 76.7 Å². The van der Waals surface area contributed by atoms with Crippen LogP contribution >= 0.6 is 0 Å². The number of unbranched alkanes of at least 4 members (excludes halogenated alkanes) is 9. The molecule has 0 aromatic heterocycles. The molecule has 0 nitrogen and oxygen atoms in total. The van der Waals surface area contributed by atoms with E-state index in [0.717, 1.165) is 0 Å². The first kappa shape index (κ1) is 17.1. The largest absolute Gasteiger partial charge is 0.0654 e. The average Bonchev–Trinajstić information content (AvgIpc) is 2.56. The summed E-state index contributed by atoms with van der Waals surface area (Å²) in [6, 6.07) is 15.5. The van der Waals surface area contributed by atoms with Crippen LogP contribution in [0.4, 0.5) is 0 Å². The molecule has 2 rings (SSSR count). The first-order valence-electron chi connectivity index (χ1n) is 9.38. The van der Waals surface area contributed by atoms with Gasteiger partial charge in [-0.15, -0.1) is 0 Å². The summed E-state index contributed by atoms with van der Waals surface area (Å²) in [4.78, 5) is 0. The van der Waals surface area contributed by atoms with Gasteiger partial charge in [-0.3, -0.25) is 0 Å². The molecule has 0 atom stereocenters. The predicted molar refractivity (Wildman–Crippen MR) is 99.5 cm³/mol. The number of aryl methyl sites for hydroxylation is 1. The zero-order valence-corrected chi connectivity index (χ0v) is 14.3. The van der Waals surface area contributed by atoms with Crippen LogP contribution in [0, 0.1) is 0 Å². The third-order valence-electron chi connectivity index (χ3n) is 4.68. The maximum Gasteiger partial charge on any atom is -0.0152 e. The molecule has 22 heavy (non-hydrogen) atoms. The predicted octanol–water partition coefficient (Wildman–Crippen LogP) is 7.30. The fourth-order valence-corrected chi connectivity index (χ4v) is 3.31. The summed E-state index contributed by atoms with van der Waals surface area (Å²) in [5.74, 6) is 0. The minimum atomic E-state index is 1.23. The average molecular weight is 296 g/mol. The van der Waals surface area contributed by atoms with E-state index < -0.39 is 0 Å². The van der Waals surface area contributed by atoms with Crippen LogP contribution < -0.4 is 0 Å². The van der Waals surface area contributed by atoms with Gasteiger partial charge in [-0.2, -0.15) is 0 Å². The van der Waals surface area contributed by atoms with Gasteiger partial charge >= 0.3 is 0 Å². The highest BCUT2D eigenvalue weighted by atomic mass is 14.0. The van der Waals surface area contributed by atoms with Crippen molar-refractivity contribution in [1.29, 1.82) is 0 Å². The molecule has 0 heteroatoms. The molecule has 0 aliphatic carbocycles. The van der Waals surface area contributed by atoms with Crippen molar-refractivity contribution >= 4 is 10.8 Å². The molecule has 120 valence electrons. The van der Waals surface area contributed by atoms with E-state index >= 15 is 0 Å². The van der Waals surface area contributed by atoms with E-state index in [0.29, 0.717) is 0 Å². The van der Waals surface area contributed by atoms with Gasteiger partial charge in [-0.05, 0) is 29.2 Å². The van der Waals surface area contributed by atoms with Crippen molar-refractivity contribution in [2.24, 2.45) is 0 Å². The Kier molecular flexibility index (Phi) is 8.09. The molecular weight excluding hydrogens is 264 g/mol. The highest BCUT2D eigenvalue weighted by Crippen LogP contribution is 2.20. The van der Waals surface area contributed by atoms with Crippen molar-refractivity contribution in [2.45, 2.75) is 77.6 Å². The number of hydrogen-bond acceptors (Lipinski definition) is 0. The summed E-state index contributed by atoms with van der Waals surface area (Å²) in [6.07, 6.45) is 15.4. The van der Waals surface area contributed by atoms with E-state index in [1.54, 1.807) is 0 Å². The fraction of sp³-hybridized carbons (Fsp3) is 0.545. The lowest BCUT2D eigenvalue weighted by Gasteiger charge is -2.06. The Morgan fingerprint density at radius 1 is 0.591 bits per heavy atom. The van der Waals surface area contributed by atoms with Crippen molar-refractivity contribution in [3.8, 4) is 0 Å². The zero-order valence-electron chi connectivity index (χ0n) is 14.3. The van der Waals surface area contributed by atoms with E-state index in [9.17, 15) is 0 Å². The van der Waals surface area contributed by atoms with Gasteiger partial charge in [0.1, 0.15) is 0 Å². The SMILES string of the molecule is CCCCCCCCCCCCc1cccc2ccccc12. The maximum atomic E-state index is 2.30. The minimum absolute atomic E-state index is 1.23. The molecule has 0 spiro atoms. The molecule has 0 fully saturated rings. The van der Waals surface area contributed by atoms with Gasteiger partial charge in [0, 0.05) is 0 Å². The van der Waals surface area contributed by atoms with Gasteiger partial charge in [-0.25, -0.2) is 0 Å². The molecule has 2 aromatic rings. The van der Waals surface area contributed by atoms with Crippen LogP contribution in [0.3, 0.4) is 0 Å². The molecule has 0 bridgehead atoms. The van der Waals surface area contributed by atoms with Crippen LogP contribution in [0.25, 0.3) is 10.8 Å². The maximum absolute atomic E-state index is 2.30. The van der Waals surface area contributed by atoms with E-state index in [-0.39, 0.29) is 0 Å². The van der Waals surface area contributed by atoms with Gasteiger partial charge in [0.25, 0.3) is 0 Å². The summed E-state index contributed by atoms with van der Waals surface area (Å²) < 4.78 is 0. The molecular formula is C22H32. The van der Waals surface area contributed by atoms with Gasteiger partial charge in [0.05, 0.1) is 0 Å². The third-order valence-corrected chi connectivity index (χ3v) is 4.68. The monoisotopic (exact) mass is 296 g/mol. The van der Waals surface area contributed by atoms with Crippen molar-refractivity contribution in [3.63, 3.8) is 0 Å². The highest BCUT2D eigenvalue weighted by Gasteiger charge is 2.00. The van der Waals surface area contributed by atoms with Gasteiger partial charge in [0.2, 0.25) is 0 Å². The van der Waals surface area contributed by atoms with Crippen molar-refractivity contribution < 1.29 is 0 Å². The second-order valence-corrected chi connectivity index (χ2v) is 6.57. The van der Waals surface area contributed by atoms with Crippen LogP contribution in [0.5, 0.6) is 0 Å². The lowest BCUT2D eigenvalue weighted by molar-refractivity contribution is 0.556. The Morgan fingerprint density at radius 3 is 1.91 bits per heavy atom. The summed E-state index contributed by atoms with van der Waals surface area (Å²) in [5.41, 5.74) is 1.53. The van der Waals surface area contributed by atoms with Gasteiger partial charge in [0.15, 0.2) is 0 Å². The fourth-order valence-electron chi connectivity index (χ4n) is 3.31. The van der Waals surface area contributed by atoms with Crippen LogP contribution in [0.15, 0.2) is 42.5 Å². The topological polar surface area (TPSA) is 0 Å². The van der Waals surface area contributed by atoms with Crippen molar-refractivity contribution in [2.75, 3.05) is 0 Å². The quantitative estimate of drug-likeness (QED) is 0.381. The minimum Gasteiger partial charge on any atom is -0.0654 e. The van der Waals surface area contributed by atoms with Gasteiger partial charge in [-0.1, -0.05) is 107 Å². The third kappa shape index (κ3) is 5.83. The first-order valence-corrected chi connectivity index (χ1v) is 9.38. The Balaban J connectivity index is 1.59. The molecule has 0 aliphatic rings. The summed E-state index contributed by atoms with van der Waals surface area (Å²) in [7, 11) is 0. The number of hydrogen-bond donors (Lipinski definition) is 0. The molecule has 0 aliphatic heterocycles. The Labute approximate surface area is 136 Å². The van der Waals surface area contributed by atoms with E-state index in [4.69, 9.17) is 0 Å². The molecule has 2 aromatic carbocycles. The summed E-state index contributed by atoms with van der Waals surface area (Å²) in [6.45, 7) is 2.29. The lowest BCUT2D eigenvalue weighted by Crippen LogP contribution is -1.88. The summed E-state index contributed by atoms with van der Waals surface area (Å²) in [5, 5.41) is 2.83. The van der Waals surface area contributed by atoms with Gasteiger partial charge < -0.3 is 0 Å². The molecule has 0 saturated heterocycles. The van der Waals surface area contributed by atoms with Crippen LogP contribution in [-0.2, 0) is 6.42 Å². The smallest absolute Gasteiger partial charge is 0.0152 e. The van der Waals surface area contributed by atoms with Crippen molar-refractivity contribution in [1.82, 2.24) is 0 Å². The van der Waals surface area contributed by atoms with E-state index in [1.807, 2.05) is 0 Å². The van der Waals surface area contributed by atoms with Crippen LogP contribution in [-0.4, -0.2) is 0 Å². The molecule has 0 unspecified atom stereocenters. The Bertz CT molecular complexity index is 521. The second-order valence-electron chi connectivity index (χ2n) is 6.57. The number of rotatable bonds is 11. The Hall–Kier alpha value is -1.30. The van der Waals surface area contributed by atoms with Crippen LogP contribution in [0.2, 0.25) is 0 Å². The number of benzene rings is 2. The second kappa shape index (κ2) is 10.4. The van der Waals surface area contributed by atoms with Crippen molar-refractivity contribution in [3.05, 3.63) is 48.0 Å². The zero-order chi connectivity index (χ0) is 15.5. The Morgan fingerprint density at radius 2 is 1.18 bits per heavy atom. The first-order chi connectivity index (χ1) is 10.9. The normalized spacial score (nSPS) is 11.1. The molecule has 0 N–H and O–H groups in total. The molecule has 0 radical (unpaired) electrons. The molecule has 0 heterocycles. The highest BCUT2D eigenvalue weighted by molar-refractivity contribution is 5.85. The molecule has 0 amide bonds. The molecule has 0 saturated carbocycles. The number of fused-ring (bicyclic) bond motifs is 1. The standard InChI is InChI=1S/C22H32/c1-2-3-4-5-6-7-8-9-10-11-15-20-17-14-18-21-16-12-13-19-22(20)21/h12-14,16-19H,2-11,15H2,1H3. The van der Waals surface area contributed by atoms with E-state index in [2.05, 4.69) is 49.4 Å². The summed E-state index contributed by atoms with van der Waals surface area (Å²) >= 11 is 0.